The highest BCUT2D eigenvalue weighted by Crippen LogP contribution is 2.16. The highest BCUT2D eigenvalue weighted by atomic mass is 16.2. The molecule has 1 N–H and O–H groups in total. The first kappa shape index (κ1) is 17.8. The van der Waals surface area contributed by atoms with Gasteiger partial charge in [-0.2, -0.15) is 0 Å². The normalized spacial score (nSPS) is 16.1. The Morgan fingerprint density at radius 2 is 1.85 bits per heavy atom. The van der Waals surface area contributed by atoms with Gasteiger partial charge in [0.25, 0.3) is 5.91 Å². The van der Waals surface area contributed by atoms with E-state index in [-0.39, 0.29) is 12.1 Å². The second-order valence-electron chi connectivity index (χ2n) is 6.30. The Hall–Kier alpha value is -2.99. The average Bonchev–Trinajstić information content (AvgIpc) is 2.69. The number of aliphatic imine (C=N–C) groups is 1. The number of likely N-dealkylation sites (N-methyl/N-ethyl adjacent to an activating group) is 1. The predicted octanol–water partition coefficient (Wildman–Crippen LogP) is 2.08. The van der Waals surface area contributed by atoms with Crippen LogP contribution in [0.4, 0.5) is 0 Å². The number of aromatic nitrogens is 1. The predicted molar refractivity (Wildman–Crippen MR) is 104 cm³/mol. The van der Waals surface area contributed by atoms with E-state index >= 15 is 0 Å². The molecule has 0 aliphatic carbocycles. The van der Waals surface area contributed by atoms with Crippen molar-refractivity contribution in [3.8, 4) is 0 Å². The third-order valence-electron chi connectivity index (χ3n) is 4.08. The van der Waals surface area contributed by atoms with Crippen molar-refractivity contribution in [3.05, 3.63) is 72.2 Å². The van der Waals surface area contributed by atoms with E-state index in [1.165, 1.54) is 0 Å². The van der Waals surface area contributed by atoms with Gasteiger partial charge < -0.3 is 15.1 Å². The molecule has 6 nitrogen and oxygen atoms in total. The zero-order valence-corrected chi connectivity index (χ0v) is 15.0. The smallest absolute Gasteiger partial charge is 0.255 e. The lowest BCUT2D eigenvalue weighted by Crippen LogP contribution is -2.51. The van der Waals surface area contributed by atoms with E-state index in [9.17, 15) is 4.79 Å². The zero-order chi connectivity index (χ0) is 18.4. The molecule has 0 bridgehead atoms. The van der Waals surface area contributed by atoms with Gasteiger partial charge in [-0.05, 0) is 38.4 Å². The summed E-state index contributed by atoms with van der Waals surface area (Å²) in [7, 11) is 3.99. The van der Waals surface area contributed by atoms with Gasteiger partial charge in [0, 0.05) is 37.3 Å². The monoisotopic (exact) mass is 349 g/mol. The molecule has 134 valence electrons. The Morgan fingerprint density at radius 1 is 1.08 bits per heavy atom. The van der Waals surface area contributed by atoms with Crippen molar-refractivity contribution in [3.63, 3.8) is 0 Å². The number of nitrogens with one attached hydrogen (secondary N) is 1. The summed E-state index contributed by atoms with van der Waals surface area (Å²) in [5, 5.41) is 3.28. The van der Waals surface area contributed by atoms with Crippen LogP contribution >= 0.6 is 0 Å². The van der Waals surface area contributed by atoms with Crippen molar-refractivity contribution in [1.82, 2.24) is 20.1 Å². The van der Waals surface area contributed by atoms with E-state index in [0.29, 0.717) is 12.1 Å². The first-order valence-electron chi connectivity index (χ1n) is 8.58. The van der Waals surface area contributed by atoms with Crippen molar-refractivity contribution >= 4 is 17.8 Å². The number of carbonyl (C=O) groups excluding carboxylic acids is 1. The molecular weight excluding hydrogens is 326 g/mol. The summed E-state index contributed by atoms with van der Waals surface area (Å²) < 4.78 is 0. The molecular formula is C20H23N5O. The van der Waals surface area contributed by atoms with E-state index in [4.69, 9.17) is 0 Å². The third kappa shape index (κ3) is 4.34. The summed E-state index contributed by atoms with van der Waals surface area (Å²) in [5.41, 5.74) is 2.21. The summed E-state index contributed by atoms with van der Waals surface area (Å²) in [6.07, 6.45) is 5.02. The fraction of sp³-hybridized carbons (Fsp3) is 0.250. The molecule has 3 rings (SSSR count). The maximum atomic E-state index is 13.0. The number of amides is 1. The minimum atomic E-state index is -0.296. The number of carbonyl (C=O) groups is 1. The molecule has 26 heavy (non-hydrogen) atoms. The minimum absolute atomic E-state index is 0.0221. The molecule has 1 aliphatic rings. The molecule has 1 unspecified atom stereocenters. The summed E-state index contributed by atoms with van der Waals surface area (Å²) in [6.45, 7) is 1.36. The van der Waals surface area contributed by atoms with E-state index in [1.807, 2.05) is 68.8 Å². The van der Waals surface area contributed by atoms with Crippen LogP contribution in [0.1, 0.15) is 16.1 Å². The van der Waals surface area contributed by atoms with Crippen LogP contribution in [0.25, 0.3) is 5.70 Å². The maximum Gasteiger partial charge on any atom is 0.255 e. The van der Waals surface area contributed by atoms with Gasteiger partial charge in [-0.1, -0.05) is 24.3 Å². The van der Waals surface area contributed by atoms with Gasteiger partial charge in [-0.3, -0.25) is 14.8 Å². The van der Waals surface area contributed by atoms with Crippen LogP contribution < -0.4 is 5.32 Å². The standard InChI is InChI=1S/C20H23N5O/c1-24(2)12-13-25(20(26)16-8-4-3-5-9-16)19-15-22-18(14-23-19)17-10-6-7-11-21-17/h3-11,14-15,19,23H,12-13H2,1-2H3. The van der Waals surface area contributed by atoms with Crippen molar-refractivity contribution in [2.75, 3.05) is 27.2 Å². The minimum Gasteiger partial charge on any atom is -0.365 e. The first-order chi connectivity index (χ1) is 12.6. The SMILES string of the molecule is CN(C)CCN(C(=O)c1ccccc1)C1C=NC(c2ccccn2)=CN1. The molecule has 2 aromatic rings. The highest BCUT2D eigenvalue weighted by Gasteiger charge is 2.24. The van der Waals surface area contributed by atoms with Crippen molar-refractivity contribution in [1.29, 1.82) is 0 Å². The molecule has 1 aromatic carbocycles. The number of nitrogens with zero attached hydrogens (tertiary/aromatic N) is 4. The van der Waals surface area contributed by atoms with Crippen molar-refractivity contribution < 1.29 is 4.79 Å². The molecule has 0 radical (unpaired) electrons. The molecule has 2 heterocycles. The van der Waals surface area contributed by atoms with Crippen LogP contribution in [-0.4, -0.2) is 60.3 Å². The number of hydrogen-bond donors (Lipinski definition) is 1. The fourth-order valence-electron chi connectivity index (χ4n) is 2.64. The van der Waals surface area contributed by atoms with Gasteiger partial charge >= 0.3 is 0 Å². The van der Waals surface area contributed by atoms with Gasteiger partial charge in [0.15, 0.2) is 0 Å². The second kappa shape index (κ2) is 8.40. The Morgan fingerprint density at radius 3 is 2.46 bits per heavy atom. The Labute approximate surface area is 153 Å². The van der Waals surface area contributed by atoms with Crippen LogP contribution in [0.15, 0.2) is 65.9 Å². The van der Waals surface area contributed by atoms with Crippen LogP contribution in [-0.2, 0) is 0 Å². The zero-order valence-electron chi connectivity index (χ0n) is 15.0. The number of rotatable bonds is 6. The molecule has 0 spiro atoms. The quantitative estimate of drug-likeness (QED) is 0.867. The van der Waals surface area contributed by atoms with E-state index < -0.39 is 0 Å². The number of pyridine rings is 1. The van der Waals surface area contributed by atoms with Crippen LogP contribution in [0.3, 0.4) is 0 Å². The van der Waals surface area contributed by atoms with E-state index in [0.717, 1.165) is 17.9 Å². The van der Waals surface area contributed by atoms with Gasteiger partial charge in [-0.15, -0.1) is 0 Å². The molecule has 0 fully saturated rings. The third-order valence-corrected chi connectivity index (χ3v) is 4.08. The highest BCUT2D eigenvalue weighted by molar-refractivity contribution is 5.96. The maximum absolute atomic E-state index is 13.0. The Kier molecular flexibility index (Phi) is 5.76. The van der Waals surface area contributed by atoms with E-state index in [2.05, 4.69) is 20.2 Å². The lowest BCUT2D eigenvalue weighted by molar-refractivity contribution is 0.0702. The van der Waals surface area contributed by atoms with Crippen LogP contribution in [0, 0.1) is 0 Å². The average molecular weight is 349 g/mol. The molecule has 1 amide bonds. The second-order valence-corrected chi connectivity index (χ2v) is 6.30. The van der Waals surface area contributed by atoms with Crippen LogP contribution in [0.5, 0.6) is 0 Å². The molecule has 0 saturated heterocycles. The first-order valence-corrected chi connectivity index (χ1v) is 8.58. The van der Waals surface area contributed by atoms with E-state index in [1.54, 1.807) is 17.3 Å². The summed E-state index contributed by atoms with van der Waals surface area (Å²) in [5.74, 6) is -0.0221. The van der Waals surface area contributed by atoms with Gasteiger partial charge in [0.2, 0.25) is 0 Å². The number of hydrogen-bond acceptors (Lipinski definition) is 5. The molecule has 6 heteroatoms. The van der Waals surface area contributed by atoms with Gasteiger partial charge in [0.1, 0.15) is 11.9 Å². The largest absolute Gasteiger partial charge is 0.365 e. The molecule has 1 atom stereocenters. The summed E-state index contributed by atoms with van der Waals surface area (Å²) in [4.78, 5) is 25.6. The van der Waals surface area contributed by atoms with Gasteiger partial charge in [0.05, 0.1) is 5.69 Å². The van der Waals surface area contributed by atoms with Crippen molar-refractivity contribution in [2.45, 2.75) is 6.17 Å². The lowest BCUT2D eigenvalue weighted by Gasteiger charge is -2.32. The topological polar surface area (TPSA) is 60.8 Å². The Bertz CT molecular complexity index is 786. The molecule has 1 aliphatic heterocycles. The molecule has 1 aromatic heterocycles. The van der Waals surface area contributed by atoms with Crippen LogP contribution in [0.2, 0.25) is 0 Å². The summed E-state index contributed by atoms with van der Waals surface area (Å²) in [6, 6.07) is 15.0. The van der Waals surface area contributed by atoms with Crippen molar-refractivity contribution in [2.24, 2.45) is 4.99 Å². The molecule has 0 saturated carbocycles. The number of benzene rings is 1. The fourth-order valence-corrected chi connectivity index (χ4v) is 2.64. The summed E-state index contributed by atoms with van der Waals surface area (Å²) >= 11 is 0. The van der Waals surface area contributed by atoms with Gasteiger partial charge in [-0.25, -0.2) is 0 Å². The Balaban J connectivity index is 1.77. The lowest BCUT2D eigenvalue weighted by atomic mass is 10.2.